The van der Waals surface area contributed by atoms with Gasteiger partial charge in [-0.1, -0.05) is 6.07 Å². The molecule has 0 bridgehead atoms. The van der Waals surface area contributed by atoms with Crippen molar-refractivity contribution in [3.8, 4) is 11.5 Å². The molecule has 8 nitrogen and oxygen atoms in total. The Morgan fingerprint density at radius 3 is 2.65 bits per heavy atom. The second kappa shape index (κ2) is 10.4. The molecule has 0 unspecified atom stereocenters. The molecule has 0 saturated heterocycles. The standard InChI is InChI=1S/C18H27N3O5/c1-18(7-4-8-19-2,16(24)11-20-12-22)17(25)21-10-13-5-6-15(26-3)14(23)9-13/h5-6,9,12,19,23H,4,7-8,10-11H2,1-3H3,(H,20,22)(H,21,25)/t18-/m1/s1. The molecule has 0 aliphatic carbocycles. The van der Waals surface area contributed by atoms with Gasteiger partial charge in [0.2, 0.25) is 12.3 Å². The van der Waals surface area contributed by atoms with Gasteiger partial charge in [0.1, 0.15) is 5.41 Å². The van der Waals surface area contributed by atoms with Crippen LogP contribution in [0.4, 0.5) is 0 Å². The fourth-order valence-corrected chi connectivity index (χ4v) is 2.55. The van der Waals surface area contributed by atoms with E-state index in [1.165, 1.54) is 13.2 Å². The summed E-state index contributed by atoms with van der Waals surface area (Å²) in [5.41, 5.74) is -0.575. The average Bonchev–Trinajstić information content (AvgIpc) is 2.64. The number of aromatic hydroxyl groups is 1. The second-order valence-corrected chi connectivity index (χ2v) is 6.15. The number of hydrogen-bond acceptors (Lipinski definition) is 6. The minimum Gasteiger partial charge on any atom is -0.504 e. The van der Waals surface area contributed by atoms with Crippen LogP contribution in [0, 0.1) is 5.41 Å². The second-order valence-electron chi connectivity index (χ2n) is 6.15. The summed E-state index contributed by atoms with van der Waals surface area (Å²) in [6, 6.07) is 4.81. The molecule has 1 aromatic carbocycles. The molecule has 1 rings (SSSR count). The molecule has 144 valence electrons. The van der Waals surface area contributed by atoms with Crippen LogP contribution in [-0.2, 0) is 20.9 Å². The maximum atomic E-state index is 12.7. The molecule has 0 heterocycles. The molecule has 2 amide bonds. The Morgan fingerprint density at radius 1 is 1.35 bits per heavy atom. The lowest BCUT2D eigenvalue weighted by Crippen LogP contribution is -2.47. The maximum Gasteiger partial charge on any atom is 0.233 e. The Hall–Kier alpha value is -2.61. The van der Waals surface area contributed by atoms with Crippen molar-refractivity contribution in [2.24, 2.45) is 5.41 Å². The van der Waals surface area contributed by atoms with Gasteiger partial charge in [-0.25, -0.2) is 0 Å². The zero-order valence-corrected chi connectivity index (χ0v) is 15.4. The summed E-state index contributed by atoms with van der Waals surface area (Å²) in [6.07, 6.45) is 1.42. The van der Waals surface area contributed by atoms with Gasteiger partial charge in [-0.05, 0) is 51.1 Å². The van der Waals surface area contributed by atoms with Gasteiger partial charge in [0.25, 0.3) is 0 Å². The first-order valence-corrected chi connectivity index (χ1v) is 8.38. The van der Waals surface area contributed by atoms with Gasteiger partial charge < -0.3 is 25.8 Å². The van der Waals surface area contributed by atoms with Crippen molar-refractivity contribution in [2.75, 3.05) is 27.2 Å². The predicted molar refractivity (Wildman–Crippen MR) is 96.8 cm³/mol. The smallest absolute Gasteiger partial charge is 0.233 e. The molecule has 0 saturated carbocycles. The number of carbonyl (C=O) groups excluding carboxylic acids is 3. The van der Waals surface area contributed by atoms with Crippen molar-refractivity contribution in [2.45, 2.75) is 26.3 Å². The van der Waals surface area contributed by atoms with Crippen LogP contribution >= 0.6 is 0 Å². The van der Waals surface area contributed by atoms with Gasteiger partial charge in [-0.2, -0.15) is 0 Å². The lowest BCUT2D eigenvalue weighted by atomic mass is 9.79. The number of nitrogens with one attached hydrogen (secondary N) is 3. The Balaban J connectivity index is 2.82. The van der Waals surface area contributed by atoms with Crippen molar-refractivity contribution >= 4 is 18.1 Å². The Morgan fingerprint density at radius 2 is 2.08 bits per heavy atom. The highest BCUT2D eigenvalue weighted by Crippen LogP contribution is 2.27. The monoisotopic (exact) mass is 365 g/mol. The topological polar surface area (TPSA) is 117 Å². The third-order valence-electron chi connectivity index (χ3n) is 4.26. The van der Waals surface area contributed by atoms with E-state index in [2.05, 4.69) is 16.0 Å². The Labute approximate surface area is 153 Å². The third-order valence-corrected chi connectivity index (χ3v) is 4.26. The first kappa shape index (κ1) is 21.4. The van der Waals surface area contributed by atoms with E-state index in [4.69, 9.17) is 4.74 Å². The highest BCUT2D eigenvalue weighted by Gasteiger charge is 2.39. The Bertz CT molecular complexity index is 635. The zero-order valence-electron chi connectivity index (χ0n) is 15.4. The molecule has 0 aliphatic heterocycles. The number of Topliss-reactive ketones (excluding diaryl/α,β-unsaturated/α-hetero) is 1. The lowest BCUT2D eigenvalue weighted by Gasteiger charge is -2.27. The first-order valence-electron chi connectivity index (χ1n) is 8.38. The number of phenolic OH excluding ortho intramolecular Hbond substituents is 1. The van der Waals surface area contributed by atoms with Crippen LogP contribution in [-0.4, -0.2) is 50.5 Å². The van der Waals surface area contributed by atoms with E-state index in [1.807, 2.05) is 0 Å². The summed E-state index contributed by atoms with van der Waals surface area (Å²) in [6.45, 7) is 2.21. The SMILES string of the molecule is CNCCC[C@](C)(C(=O)CNC=O)C(=O)NCc1ccc(OC)c(O)c1. The van der Waals surface area contributed by atoms with E-state index >= 15 is 0 Å². The highest BCUT2D eigenvalue weighted by atomic mass is 16.5. The van der Waals surface area contributed by atoms with Crippen LogP contribution in [0.1, 0.15) is 25.3 Å². The molecule has 0 fully saturated rings. The minimum absolute atomic E-state index is 0.0257. The third kappa shape index (κ3) is 5.73. The summed E-state index contributed by atoms with van der Waals surface area (Å²) >= 11 is 0. The molecule has 26 heavy (non-hydrogen) atoms. The summed E-state index contributed by atoms with van der Waals surface area (Å²) < 4.78 is 4.98. The van der Waals surface area contributed by atoms with E-state index in [1.54, 1.807) is 26.1 Å². The molecule has 1 atom stereocenters. The van der Waals surface area contributed by atoms with E-state index in [0.29, 0.717) is 37.1 Å². The number of ether oxygens (including phenoxy) is 1. The van der Waals surface area contributed by atoms with Crippen LogP contribution in [0.25, 0.3) is 0 Å². The number of benzene rings is 1. The van der Waals surface area contributed by atoms with Crippen molar-refractivity contribution in [3.05, 3.63) is 23.8 Å². The summed E-state index contributed by atoms with van der Waals surface area (Å²) in [7, 11) is 3.25. The van der Waals surface area contributed by atoms with Crippen molar-refractivity contribution in [1.29, 1.82) is 0 Å². The summed E-state index contributed by atoms with van der Waals surface area (Å²) in [4.78, 5) is 35.6. The molecular formula is C18H27N3O5. The molecule has 0 radical (unpaired) electrons. The van der Waals surface area contributed by atoms with Gasteiger partial charge >= 0.3 is 0 Å². The number of hydrogen-bond donors (Lipinski definition) is 4. The van der Waals surface area contributed by atoms with Gasteiger partial charge in [-0.3, -0.25) is 14.4 Å². The van der Waals surface area contributed by atoms with Crippen LogP contribution in [0.2, 0.25) is 0 Å². The van der Waals surface area contributed by atoms with Crippen molar-refractivity contribution in [1.82, 2.24) is 16.0 Å². The lowest BCUT2D eigenvalue weighted by molar-refractivity contribution is -0.141. The zero-order chi connectivity index (χ0) is 19.6. The van der Waals surface area contributed by atoms with Crippen LogP contribution in [0.5, 0.6) is 11.5 Å². The molecule has 0 spiro atoms. The van der Waals surface area contributed by atoms with E-state index in [0.717, 1.165) is 0 Å². The quantitative estimate of drug-likeness (QED) is 0.241. The molecule has 4 N–H and O–H groups in total. The first-order chi connectivity index (χ1) is 12.4. The van der Waals surface area contributed by atoms with Crippen LogP contribution < -0.4 is 20.7 Å². The fourth-order valence-electron chi connectivity index (χ4n) is 2.55. The van der Waals surface area contributed by atoms with Gasteiger partial charge in [0, 0.05) is 6.54 Å². The molecule has 1 aromatic rings. The molecule has 8 heteroatoms. The van der Waals surface area contributed by atoms with Gasteiger partial charge in [-0.15, -0.1) is 0 Å². The molecular weight excluding hydrogens is 338 g/mol. The largest absolute Gasteiger partial charge is 0.504 e. The van der Waals surface area contributed by atoms with E-state index < -0.39 is 11.3 Å². The summed E-state index contributed by atoms with van der Waals surface area (Å²) in [5, 5.41) is 17.8. The van der Waals surface area contributed by atoms with Crippen LogP contribution in [0.15, 0.2) is 18.2 Å². The number of carbonyl (C=O) groups is 3. The van der Waals surface area contributed by atoms with Crippen LogP contribution in [0.3, 0.4) is 0 Å². The minimum atomic E-state index is -1.25. The maximum absolute atomic E-state index is 12.7. The molecule has 0 aliphatic rings. The average molecular weight is 365 g/mol. The normalized spacial score (nSPS) is 12.7. The van der Waals surface area contributed by atoms with Gasteiger partial charge in [0.15, 0.2) is 17.3 Å². The highest BCUT2D eigenvalue weighted by molar-refractivity contribution is 6.06. The number of methoxy groups -OCH3 is 1. The van der Waals surface area contributed by atoms with Gasteiger partial charge in [0.05, 0.1) is 13.7 Å². The predicted octanol–water partition coefficient (Wildman–Crippen LogP) is 0.338. The van der Waals surface area contributed by atoms with E-state index in [-0.39, 0.29) is 24.6 Å². The molecule has 0 aromatic heterocycles. The summed E-state index contributed by atoms with van der Waals surface area (Å²) in [5.74, 6) is -0.452. The van der Waals surface area contributed by atoms with Crippen molar-refractivity contribution < 1.29 is 24.2 Å². The fraction of sp³-hybridized carbons (Fsp3) is 0.500. The number of ketones is 1. The Kier molecular flexibility index (Phi) is 8.57. The van der Waals surface area contributed by atoms with Crippen molar-refractivity contribution in [3.63, 3.8) is 0 Å². The number of rotatable bonds is 12. The number of phenols is 1. The van der Waals surface area contributed by atoms with E-state index in [9.17, 15) is 19.5 Å². The number of amides is 2.